The van der Waals surface area contributed by atoms with Crippen molar-refractivity contribution in [1.82, 2.24) is 19.6 Å². The molecule has 0 aliphatic carbocycles. The fourth-order valence-corrected chi connectivity index (χ4v) is 5.46. The summed E-state index contributed by atoms with van der Waals surface area (Å²) in [6.45, 7) is 3.17. The molecule has 3 heterocycles. The molecule has 2 aliphatic heterocycles. The van der Waals surface area contributed by atoms with Crippen LogP contribution in [0.15, 0.2) is 47.6 Å². The van der Waals surface area contributed by atoms with E-state index in [2.05, 4.69) is 20.2 Å². The minimum atomic E-state index is -3.50. The molecule has 0 spiro atoms. The van der Waals surface area contributed by atoms with Gasteiger partial charge in [-0.1, -0.05) is 12.1 Å². The Balaban J connectivity index is 1.27. The molecule has 10 heteroatoms. The van der Waals surface area contributed by atoms with E-state index in [-0.39, 0.29) is 16.8 Å². The van der Waals surface area contributed by atoms with Gasteiger partial charge in [0.1, 0.15) is 0 Å². The highest BCUT2D eigenvalue weighted by Gasteiger charge is 2.26. The van der Waals surface area contributed by atoms with E-state index in [1.807, 2.05) is 0 Å². The van der Waals surface area contributed by atoms with Gasteiger partial charge >= 0.3 is 0 Å². The molecular formula is C22H29N5O4S. The van der Waals surface area contributed by atoms with Gasteiger partial charge in [0.2, 0.25) is 21.9 Å². The van der Waals surface area contributed by atoms with Gasteiger partial charge in [-0.2, -0.15) is 4.31 Å². The molecule has 2 aromatic rings. The van der Waals surface area contributed by atoms with Gasteiger partial charge in [-0.05, 0) is 43.0 Å². The molecule has 32 heavy (non-hydrogen) atoms. The lowest BCUT2D eigenvalue weighted by Crippen LogP contribution is -2.48. The first-order chi connectivity index (χ1) is 15.5. The second-order valence-corrected chi connectivity index (χ2v) is 10.00. The summed E-state index contributed by atoms with van der Waals surface area (Å²) in [5.41, 5.74) is 0.934. The molecule has 2 aliphatic rings. The molecule has 172 valence electrons. The van der Waals surface area contributed by atoms with Gasteiger partial charge in [0.05, 0.1) is 18.1 Å². The molecule has 9 nitrogen and oxygen atoms in total. The average Bonchev–Trinajstić information content (AvgIpc) is 2.84. The molecular weight excluding hydrogens is 430 g/mol. The highest BCUT2D eigenvalue weighted by Crippen LogP contribution is 2.19. The standard InChI is InChI=1S/C22H29N5O4S/c28-21(25-19-3-1-12-26(17-19)22-23-10-2-11-24-22)9-6-18-4-7-20(8-5-18)32(29,30)27-13-15-31-16-14-27/h2,4-5,7-8,10-11,19H,1,3,6,9,12-17H2,(H,25,28). The Morgan fingerprint density at radius 2 is 1.81 bits per heavy atom. The van der Waals surface area contributed by atoms with Crippen molar-refractivity contribution in [2.24, 2.45) is 0 Å². The van der Waals surface area contributed by atoms with Crippen molar-refractivity contribution >= 4 is 21.9 Å². The SMILES string of the molecule is O=C(CCc1ccc(S(=O)(=O)N2CCOCC2)cc1)NC1CCCN(c2ncccn2)C1. The number of nitrogens with one attached hydrogen (secondary N) is 1. The van der Waals surface area contributed by atoms with Crippen LogP contribution in [0.1, 0.15) is 24.8 Å². The van der Waals surface area contributed by atoms with Gasteiger partial charge in [-0.3, -0.25) is 4.79 Å². The zero-order valence-corrected chi connectivity index (χ0v) is 18.8. The third-order valence-corrected chi connectivity index (χ3v) is 7.71. The minimum Gasteiger partial charge on any atom is -0.379 e. The fraction of sp³-hybridized carbons (Fsp3) is 0.500. The number of morpholine rings is 1. The first-order valence-corrected chi connectivity index (χ1v) is 12.4. The molecule has 1 amide bonds. The van der Waals surface area contributed by atoms with Gasteiger partial charge in [0.15, 0.2) is 0 Å². The average molecular weight is 460 g/mol. The Morgan fingerprint density at radius 3 is 2.53 bits per heavy atom. The van der Waals surface area contributed by atoms with E-state index >= 15 is 0 Å². The van der Waals surface area contributed by atoms with Crippen LogP contribution in [0.5, 0.6) is 0 Å². The van der Waals surface area contributed by atoms with E-state index in [9.17, 15) is 13.2 Å². The maximum Gasteiger partial charge on any atom is 0.243 e. The van der Waals surface area contributed by atoms with E-state index in [0.717, 1.165) is 24.9 Å². The Labute approximate surface area is 188 Å². The van der Waals surface area contributed by atoms with E-state index in [0.29, 0.717) is 51.6 Å². The number of sulfonamides is 1. The molecule has 0 radical (unpaired) electrons. The summed E-state index contributed by atoms with van der Waals surface area (Å²) >= 11 is 0. The number of amides is 1. The number of hydrogen-bond acceptors (Lipinski definition) is 7. The van der Waals surface area contributed by atoms with Crippen LogP contribution in [0.3, 0.4) is 0 Å². The lowest BCUT2D eigenvalue weighted by molar-refractivity contribution is -0.121. The van der Waals surface area contributed by atoms with Gasteiger partial charge in [-0.15, -0.1) is 0 Å². The van der Waals surface area contributed by atoms with Gasteiger partial charge < -0.3 is 15.0 Å². The third-order valence-electron chi connectivity index (χ3n) is 5.79. The number of carbonyl (C=O) groups excluding carboxylic acids is 1. The van der Waals surface area contributed by atoms with Crippen LogP contribution >= 0.6 is 0 Å². The van der Waals surface area contributed by atoms with Crippen molar-refractivity contribution in [1.29, 1.82) is 0 Å². The number of hydrogen-bond donors (Lipinski definition) is 1. The van der Waals surface area contributed by atoms with Gasteiger partial charge in [0.25, 0.3) is 0 Å². The van der Waals surface area contributed by atoms with Crippen molar-refractivity contribution in [3.63, 3.8) is 0 Å². The zero-order valence-electron chi connectivity index (χ0n) is 18.0. The van der Waals surface area contributed by atoms with Crippen LogP contribution in [-0.2, 0) is 26.0 Å². The topological polar surface area (TPSA) is 105 Å². The summed E-state index contributed by atoms with van der Waals surface area (Å²) in [5, 5.41) is 3.12. The Kier molecular flexibility index (Phi) is 7.33. The van der Waals surface area contributed by atoms with Crippen LogP contribution in [0.4, 0.5) is 5.95 Å². The predicted molar refractivity (Wildman–Crippen MR) is 120 cm³/mol. The first kappa shape index (κ1) is 22.6. The van der Waals surface area contributed by atoms with Crippen LogP contribution in [0.25, 0.3) is 0 Å². The second-order valence-electron chi connectivity index (χ2n) is 8.06. The van der Waals surface area contributed by atoms with Crippen LogP contribution in [0.2, 0.25) is 0 Å². The smallest absolute Gasteiger partial charge is 0.243 e. The number of aromatic nitrogens is 2. The normalized spacial score (nSPS) is 20.1. The summed E-state index contributed by atoms with van der Waals surface area (Å²) in [7, 11) is -3.50. The number of nitrogens with zero attached hydrogens (tertiary/aromatic N) is 4. The second kappa shape index (κ2) is 10.4. The fourth-order valence-electron chi connectivity index (χ4n) is 4.05. The predicted octanol–water partition coefficient (Wildman–Crippen LogP) is 1.22. The quantitative estimate of drug-likeness (QED) is 0.664. The monoisotopic (exact) mass is 459 g/mol. The van der Waals surface area contributed by atoms with E-state index in [4.69, 9.17) is 4.74 Å². The highest BCUT2D eigenvalue weighted by atomic mass is 32.2. The number of aryl methyl sites for hydroxylation is 1. The molecule has 1 N–H and O–H groups in total. The number of ether oxygens (including phenoxy) is 1. The van der Waals surface area contributed by atoms with Crippen molar-refractivity contribution in [2.45, 2.75) is 36.6 Å². The summed E-state index contributed by atoms with van der Waals surface area (Å²) in [5.74, 6) is 0.689. The highest BCUT2D eigenvalue weighted by molar-refractivity contribution is 7.89. The molecule has 0 bridgehead atoms. The largest absolute Gasteiger partial charge is 0.379 e. The van der Waals surface area contributed by atoms with Crippen molar-refractivity contribution in [3.05, 3.63) is 48.3 Å². The number of rotatable bonds is 7. The van der Waals surface area contributed by atoms with Crippen LogP contribution in [-0.4, -0.2) is 74.0 Å². The van der Waals surface area contributed by atoms with Crippen LogP contribution in [0, 0.1) is 0 Å². The molecule has 1 aromatic carbocycles. The molecule has 1 aromatic heterocycles. The van der Waals surface area contributed by atoms with Gasteiger partial charge in [0, 0.05) is 51.0 Å². The number of anilines is 1. The van der Waals surface area contributed by atoms with E-state index < -0.39 is 10.0 Å². The van der Waals surface area contributed by atoms with Crippen LogP contribution < -0.4 is 10.2 Å². The van der Waals surface area contributed by atoms with Crippen molar-refractivity contribution < 1.29 is 17.9 Å². The Morgan fingerprint density at radius 1 is 1.09 bits per heavy atom. The Hall–Kier alpha value is -2.56. The van der Waals surface area contributed by atoms with E-state index in [1.54, 1.807) is 42.7 Å². The zero-order chi connectivity index (χ0) is 22.4. The summed E-state index contributed by atoms with van der Waals surface area (Å²) < 4.78 is 32.1. The third kappa shape index (κ3) is 5.62. The maximum atomic E-state index is 12.7. The summed E-state index contributed by atoms with van der Waals surface area (Å²) in [6.07, 6.45) is 6.27. The molecule has 0 saturated carbocycles. The summed E-state index contributed by atoms with van der Waals surface area (Å²) in [6, 6.07) is 8.68. The molecule has 2 fully saturated rings. The Bertz CT molecular complexity index is 995. The lowest BCUT2D eigenvalue weighted by Gasteiger charge is -2.33. The van der Waals surface area contributed by atoms with Crippen molar-refractivity contribution in [3.8, 4) is 0 Å². The van der Waals surface area contributed by atoms with E-state index in [1.165, 1.54) is 4.31 Å². The number of benzene rings is 1. The molecule has 4 rings (SSSR count). The maximum absolute atomic E-state index is 12.7. The minimum absolute atomic E-state index is 0.00385. The number of piperidine rings is 1. The summed E-state index contributed by atoms with van der Waals surface area (Å²) in [4.78, 5) is 23.5. The first-order valence-electron chi connectivity index (χ1n) is 11.0. The van der Waals surface area contributed by atoms with Crippen molar-refractivity contribution in [2.75, 3.05) is 44.3 Å². The molecule has 1 atom stereocenters. The number of carbonyl (C=O) groups is 1. The molecule has 2 saturated heterocycles. The molecule has 1 unspecified atom stereocenters. The van der Waals surface area contributed by atoms with Gasteiger partial charge in [-0.25, -0.2) is 18.4 Å². The lowest BCUT2D eigenvalue weighted by atomic mass is 10.1.